The molecule has 1 aliphatic heterocycles. The highest BCUT2D eigenvalue weighted by molar-refractivity contribution is 7.91. The number of nitrogens with one attached hydrogen (secondary N) is 1. The van der Waals surface area contributed by atoms with E-state index in [1.54, 1.807) is 0 Å². The Bertz CT molecular complexity index is 449. The van der Waals surface area contributed by atoms with Crippen LogP contribution >= 0.6 is 0 Å². The maximum absolute atomic E-state index is 11.8. The van der Waals surface area contributed by atoms with E-state index < -0.39 is 33.9 Å². The maximum atomic E-state index is 11.8. The number of carbonyl (C=O) groups is 2. The quantitative estimate of drug-likeness (QED) is 0.576. The summed E-state index contributed by atoms with van der Waals surface area (Å²) in [6.45, 7) is -0.362. The number of aliphatic hydroxyl groups excluding tert-OH is 1. The second-order valence-corrected chi connectivity index (χ2v) is 6.75. The van der Waals surface area contributed by atoms with Gasteiger partial charge in [0, 0.05) is 26.1 Å². The van der Waals surface area contributed by atoms with Gasteiger partial charge in [-0.3, -0.25) is 0 Å². The van der Waals surface area contributed by atoms with Crippen LogP contribution in [0.4, 0.5) is 4.79 Å². The third kappa shape index (κ3) is 4.35. The van der Waals surface area contributed by atoms with Crippen molar-refractivity contribution in [1.82, 2.24) is 10.2 Å². The molecule has 1 heterocycles. The van der Waals surface area contributed by atoms with Crippen molar-refractivity contribution >= 4 is 21.8 Å². The van der Waals surface area contributed by atoms with Crippen molar-refractivity contribution in [1.29, 1.82) is 0 Å². The molecule has 9 heteroatoms. The van der Waals surface area contributed by atoms with Crippen molar-refractivity contribution < 1.29 is 28.2 Å². The average Bonchev–Trinajstić information content (AvgIpc) is 2.67. The second kappa shape index (κ2) is 6.20. The first-order valence-electron chi connectivity index (χ1n) is 5.84. The molecule has 3 N–H and O–H groups in total. The van der Waals surface area contributed by atoms with Crippen molar-refractivity contribution in [2.45, 2.75) is 24.9 Å². The lowest BCUT2D eigenvalue weighted by Gasteiger charge is -2.25. The lowest BCUT2D eigenvalue weighted by Crippen LogP contribution is -2.50. The third-order valence-corrected chi connectivity index (χ3v) is 4.84. The molecule has 1 saturated heterocycles. The summed E-state index contributed by atoms with van der Waals surface area (Å²) >= 11 is 0. The summed E-state index contributed by atoms with van der Waals surface area (Å²) in [4.78, 5) is 23.8. The lowest BCUT2D eigenvalue weighted by molar-refractivity contribution is -0.139. The van der Waals surface area contributed by atoms with Gasteiger partial charge in [-0.15, -0.1) is 0 Å². The monoisotopic (exact) mass is 294 g/mol. The summed E-state index contributed by atoms with van der Waals surface area (Å²) in [6.07, 6.45) is 0.252. The molecule has 2 unspecified atom stereocenters. The van der Waals surface area contributed by atoms with Gasteiger partial charge in [-0.25, -0.2) is 18.0 Å². The Hall–Kier alpha value is -1.35. The van der Waals surface area contributed by atoms with Gasteiger partial charge in [0.2, 0.25) is 0 Å². The molecule has 0 radical (unpaired) electrons. The molecule has 0 aromatic heterocycles. The van der Waals surface area contributed by atoms with E-state index in [0.29, 0.717) is 6.42 Å². The van der Waals surface area contributed by atoms with Crippen LogP contribution in [0.2, 0.25) is 0 Å². The van der Waals surface area contributed by atoms with E-state index in [0.717, 1.165) is 0 Å². The van der Waals surface area contributed by atoms with Gasteiger partial charge in [0.25, 0.3) is 0 Å². The van der Waals surface area contributed by atoms with Crippen molar-refractivity contribution in [3.63, 3.8) is 0 Å². The molecule has 110 valence electrons. The number of amides is 2. The number of carboxylic acids is 1. The van der Waals surface area contributed by atoms with E-state index in [2.05, 4.69) is 5.32 Å². The molecule has 0 bridgehead atoms. The molecular weight excluding hydrogens is 276 g/mol. The van der Waals surface area contributed by atoms with Crippen LogP contribution in [0.25, 0.3) is 0 Å². The Morgan fingerprint density at radius 3 is 2.53 bits per heavy atom. The molecule has 0 aromatic carbocycles. The molecule has 1 rings (SSSR count). The van der Waals surface area contributed by atoms with E-state index in [-0.39, 0.29) is 24.5 Å². The van der Waals surface area contributed by atoms with Gasteiger partial charge in [0.05, 0.1) is 11.5 Å². The fraction of sp³-hybridized carbons (Fsp3) is 0.800. The number of nitrogens with zero attached hydrogens (tertiary/aromatic N) is 1. The molecule has 1 fully saturated rings. The number of sulfone groups is 1. The summed E-state index contributed by atoms with van der Waals surface area (Å²) < 4.78 is 22.6. The molecule has 0 aromatic rings. The van der Waals surface area contributed by atoms with Gasteiger partial charge in [0.15, 0.2) is 9.84 Å². The van der Waals surface area contributed by atoms with Gasteiger partial charge in [-0.2, -0.15) is 0 Å². The molecule has 2 atom stereocenters. The van der Waals surface area contributed by atoms with Crippen LogP contribution in [0.3, 0.4) is 0 Å². The van der Waals surface area contributed by atoms with E-state index in [4.69, 9.17) is 10.2 Å². The largest absolute Gasteiger partial charge is 0.480 e. The first-order chi connectivity index (χ1) is 8.76. The molecule has 0 aliphatic carbocycles. The third-order valence-electron chi connectivity index (χ3n) is 3.09. The standard InChI is InChI=1S/C10H18N2O6S/c1-12(7-3-5-19(17,18)6-7)10(16)11-8(2-4-13)9(14)15/h7-8,13H,2-6H2,1H3,(H,11,16)(H,14,15). The summed E-state index contributed by atoms with van der Waals surface area (Å²) in [5, 5.41) is 19.8. The van der Waals surface area contributed by atoms with E-state index in [1.807, 2.05) is 0 Å². The summed E-state index contributed by atoms with van der Waals surface area (Å²) in [6, 6.07) is -2.27. The number of aliphatic hydroxyl groups is 1. The average molecular weight is 294 g/mol. The number of carbonyl (C=O) groups excluding carboxylic acids is 1. The number of aliphatic carboxylic acids is 1. The predicted molar refractivity (Wildman–Crippen MR) is 66.5 cm³/mol. The fourth-order valence-corrected chi connectivity index (χ4v) is 3.66. The van der Waals surface area contributed by atoms with Crippen LogP contribution in [0.5, 0.6) is 0 Å². The predicted octanol–water partition coefficient (Wildman–Crippen LogP) is -1.35. The zero-order valence-corrected chi connectivity index (χ0v) is 11.4. The first kappa shape index (κ1) is 15.7. The number of carboxylic acid groups (broad SMARTS) is 1. The van der Waals surface area contributed by atoms with Crippen LogP contribution in [-0.4, -0.2) is 72.8 Å². The van der Waals surface area contributed by atoms with Gasteiger partial charge in [0.1, 0.15) is 6.04 Å². The van der Waals surface area contributed by atoms with Gasteiger partial charge in [-0.05, 0) is 6.42 Å². The van der Waals surface area contributed by atoms with Crippen molar-refractivity contribution in [3.8, 4) is 0 Å². The SMILES string of the molecule is CN(C(=O)NC(CCO)C(=O)O)C1CCS(=O)(=O)C1. The minimum atomic E-state index is -3.11. The van der Waals surface area contributed by atoms with Crippen LogP contribution in [-0.2, 0) is 14.6 Å². The zero-order chi connectivity index (χ0) is 14.6. The molecule has 1 aliphatic rings. The number of hydrogen-bond acceptors (Lipinski definition) is 5. The lowest BCUT2D eigenvalue weighted by atomic mass is 10.2. The normalized spacial score (nSPS) is 22.7. The molecule has 0 saturated carbocycles. The van der Waals surface area contributed by atoms with Gasteiger partial charge in [-0.1, -0.05) is 0 Å². The Kier molecular flexibility index (Phi) is 5.12. The maximum Gasteiger partial charge on any atom is 0.326 e. The topological polar surface area (TPSA) is 124 Å². The highest BCUT2D eigenvalue weighted by Gasteiger charge is 2.33. The summed E-state index contributed by atoms with van der Waals surface area (Å²) in [5.41, 5.74) is 0. The van der Waals surface area contributed by atoms with E-state index in [9.17, 15) is 18.0 Å². The zero-order valence-electron chi connectivity index (χ0n) is 10.6. The fourth-order valence-electron chi connectivity index (χ4n) is 1.88. The number of hydrogen-bond donors (Lipinski definition) is 3. The van der Waals surface area contributed by atoms with Crippen LogP contribution in [0, 0.1) is 0 Å². The highest BCUT2D eigenvalue weighted by Crippen LogP contribution is 2.16. The number of urea groups is 1. The highest BCUT2D eigenvalue weighted by atomic mass is 32.2. The minimum Gasteiger partial charge on any atom is -0.480 e. The van der Waals surface area contributed by atoms with Crippen molar-refractivity contribution in [3.05, 3.63) is 0 Å². The first-order valence-corrected chi connectivity index (χ1v) is 7.66. The van der Waals surface area contributed by atoms with Crippen LogP contribution in [0.15, 0.2) is 0 Å². The Balaban J connectivity index is 2.60. The van der Waals surface area contributed by atoms with E-state index >= 15 is 0 Å². The van der Waals surface area contributed by atoms with Crippen LogP contribution < -0.4 is 5.32 Å². The molecule has 0 spiro atoms. The molecule has 2 amide bonds. The molecule has 8 nitrogen and oxygen atoms in total. The van der Waals surface area contributed by atoms with Crippen molar-refractivity contribution in [2.75, 3.05) is 25.2 Å². The molecular formula is C10H18N2O6S. The minimum absolute atomic E-state index is 0.0360. The Morgan fingerprint density at radius 1 is 1.47 bits per heavy atom. The Labute approximate surface area is 111 Å². The van der Waals surface area contributed by atoms with Crippen molar-refractivity contribution in [2.24, 2.45) is 0 Å². The van der Waals surface area contributed by atoms with Crippen LogP contribution in [0.1, 0.15) is 12.8 Å². The summed E-state index contributed by atoms with van der Waals surface area (Å²) in [7, 11) is -1.68. The number of rotatable bonds is 5. The molecule has 19 heavy (non-hydrogen) atoms. The second-order valence-electron chi connectivity index (χ2n) is 4.52. The van der Waals surface area contributed by atoms with Gasteiger partial charge < -0.3 is 20.4 Å². The van der Waals surface area contributed by atoms with Gasteiger partial charge >= 0.3 is 12.0 Å². The Morgan fingerprint density at radius 2 is 2.11 bits per heavy atom. The van der Waals surface area contributed by atoms with E-state index in [1.165, 1.54) is 11.9 Å². The smallest absolute Gasteiger partial charge is 0.326 e. The summed E-state index contributed by atoms with van der Waals surface area (Å²) in [5.74, 6) is -1.31.